The minimum atomic E-state index is -0.507. The number of hydrogen-bond donors (Lipinski definition) is 7. The Labute approximate surface area is 313 Å². The monoisotopic (exact) mass is 776 g/mol. The zero-order chi connectivity index (χ0) is 36.5. The molecule has 2 saturated heterocycles. The third kappa shape index (κ3) is 10.00. The quantitative estimate of drug-likeness (QED) is 0.126. The van der Waals surface area contributed by atoms with Gasteiger partial charge in [-0.15, -0.1) is 0 Å². The number of rotatable bonds is 8. The third-order valence-electron chi connectivity index (χ3n) is 8.34. The Kier molecular flexibility index (Phi) is 13.3. The van der Waals surface area contributed by atoms with Crippen LogP contribution in [-0.4, -0.2) is 94.2 Å². The largest absolute Gasteiger partial charge is 0.348 e. The van der Waals surface area contributed by atoms with Gasteiger partial charge in [0.2, 0.25) is 0 Å². The van der Waals surface area contributed by atoms with Gasteiger partial charge in [-0.05, 0) is 83.2 Å². The number of piperidine rings is 2. The molecule has 0 bridgehead atoms. The lowest BCUT2D eigenvalue weighted by molar-refractivity contribution is 0.0908. The number of carbonyl (C=O) groups is 4. The minimum absolute atomic E-state index is 0.0959. The Balaban J connectivity index is 0.000000198. The van der Waals surface area contributed by atoms with E-state index < -0.39 is 11.8 Å². The molecule has 4 heterocycles. The predicted octanol–water partition coefficient (Wildman–Crippen LogP) is 5.24. The number of likely N-dealkylation sites (tertiary alicyclic amines) is 1. The standard InChI is InChI=1S/C17H19Cl2N5O2.C16H17Cl2N5O2/c1-24-7-5-10(6-8-24)21-17(26)15-13(9-20-23-15)22-16(25)14-11(18)3-2-4-12(14)19;17-10-2-1-3-11(18)13(10)15(24)22-12-8-20-23-14(12)16(25)21-9-4-6-19-7-5-9/h2-4,9-10H,5-8H2,1H3,(H,20,23)(H,21,26)(H,22,25);1-3,8-9,19H,4-7H2,(H,20,23)(H,21,25)(H,22,24). The van der Waals surface area contributed by atoms with E-state index in [1.54, 1.807) is 36.4 Å². The van der Waals surface area contributed by atoms with Crippen LogP contribution in [0, 0.1) is 0 Å². The molecule has 2 aliphatic rings. The zero-order valence-corrected chi connectivity index (χ0v) is 30.4. The number of nitrogens with one attached hydrogen (secondary N) is 7. The first-order valence-corrected chi connectivity index (χ1v) is 17.6. The first-order chi connectivity index (χ1) is 24.5. The molecule has 18 heteroatoms. The van der Waals surface area contributed by atoms with Crippen molar-refractivity contribution in [2.24, 2.45) is 0 Å². The molecule has 7 N–H and O–H groups in total. The molecule has 0 aliphatic carbocycles. The van der Waals surface area contributed by atoms with Gasteiger partial charge in [0, 0.05) is 12.1 Å². The average Bonchev–Trinajstić information content (AvgIpc) is 3.76. The van der Waals surface area contributed by atoms with Gasteiger partial charge in [0.05, 0.1) is 55.0 Å². The molecule has 0 spiro atoms. The summed E-state index contributed by atoms with van der Waals surface area (Å²) in [4.78, 5) is 52.1. The van der Waals surface area contributed by atoms with Gasteiger partial charge in [-0.3, -0.25) is 29.4 Å². The van der Waals surface area contributed by atoms with Crippen LogP contribution in [0.3, 0.4) is 0 Å². The van der Waals surface area contributed by atoms with Crippen molar-refractivity contribution in [3.8, 4) is 0 Å². The number of amides is 4. The fourth-order valence-electron chi connectivity index (χ4n) is 5.54. The summed E-state index contributed by atoms with van der Waals surface area (Å²) < 4.78 is 0. The highest BCUT2D eigenvalue weighted by atomic mass is 35.5. The lowest BCUT2D eigenvalue weighted by Crippen LogP contribution is -2.43. The lowest BCUT2D eigenvalue weighted by atomic mass is 10.1. The van der Waals surface area contributed by atoms with Crippen LogP contribution < -0.4 is 26.6 Å². The molecule has 270 valence electrons. The number of benzene rings is 2. The average molecular weight is 779 g/mol. The van der Waals surface area contributed by atoms with Crippen molar-refractivity contribution < 1.29 is 19.2 Å². The number of nitrogens with zero attached hydrogens (tertiary/aromatic N) is 3. The highest BCUT2D eigenvalue weighted by molar-refractivity contribution is 6.41. The van der Waals surface area contributed by atoms with Gasteiger partial charge < -0.3 is 31.5 Å². The molecule has 4 aromatic rings. The summed E-state index contributed by atoms with van der Waals surface area (Å²) in [5.41, 5.74) is 1.23. The number of aromatic nitrogens is 4. The van der Waals surface area contributed by atoms with Crippen molar-refractivity contribution in [2.75, 3.05) is 43.9 Å². The number of anilines is 2. The molecule has 51 heavy (non-hydrogen) atoms. The van der Waals surface area contributed by atoms with Crippen LogP contribution in [0.2, 0.25) is 20.1 Å². The number of H-pyrrole nitrogens is 2. The van der Waals surface area contributed by atoms with E-state index in [0.29, 0.717) is 0 Å². The number of hydrogen-bond acceptors (Lipinski definition) is 8. The Morgan fingerprint density at radius 2 is 1.04 bits per heavy atom. The normalized spacial score (nSPS) is 15.3. The molecule has 2 fully saturated rings. The number of aromatic amines is 2. The highest BCUT2D eigenvalue weighted by Crippen LogP contribution is 2.27. The fourth-order valence-corrected chi connectivity index (χ4v) is 6.68. The minimum Gasteiger partial charge on any atom is -0.348 e. The maximum absolute atomic E-state index is 12.5. The Morgan fingerprint density at radius 3 is 1.45 bits per heavy atom. The van der Waals surface area contributed by atoms with Crippen molar-refractivity contribution in [3.05, 3.63) is 91.4 Å². The van der Waals surface area contributed by atoms with Gasteiger partial charge in [0.15, 0.2) is 0 Å². The number of carbonyl (C=O) groups excluding carboxylic acids is 4. The zero-order valence-electron chi connectivity index (χ0n) is 27.4. The second-order valence-corrected chi connectivity index (χ2v) is 13.6. The van der Waals surface area contributed by atoms with E-state index in [4.69, 9.17) is 46.4 Å². The van der Waals surface area contributed by atoms with Gasteiger partial charge in [0.25, 0.3) is 23.6 Å². The lowest BCUT2D eigenvalue weighted by Gasteiger charge is -2.29. The summed E-state index contributed by atoms with van der Waals surface area (Å²) in [5.74, 6) is -1.63. The maximum Gasteiger partial charge on any atom is 0.271 e. The molecule has 2 aromatic carbocycles. The van der Waals surface area contributed by atoms with E-state index in [0.717, 1.165) is 51.9 Å². The summed E-state index contributed by atoms with van der Waals surface area (Å²) in [6, 6.07) is 9.79. The van der Waals surface area contributed by atoms with Crippen molar-refractivity contribution in [2.45, 2.75) is 37.8 Å². The summed E-state index contributed by atoms with van der Waals surface area (Å²) in [7, 11) is 2.06. The van der Waals surface area contributed by atoms with E-state index in [9.17, 15) is 19.2 Å². The molecular formula is C33H36Cl4N10O4. The van der Waals surface area contributed by atoms with Gasteiger partial charge >= 0.3 is 0 Å². The van der Waals surface area contributed by atoms with Gasteiger partial charge in [-0.25, -0.2) is 0 Å². The van der Waals surface area contributed by atoms with E-state index in [1.807, 2.05) is 0 Å². The molecular weight excluding hydrogens is 742 g/mol. The number of halogens is 4. The topological polar surface area (TPSA) is 189 Å². The molecule has 0 unspecified atom stereocenters. The predicted molar refractivity (Wildman–Crippen MR) is 197 cm³/mol. The molecule has 2 aromatic heterocycles. The molecule has 2 aliphatic heterocycles. The van der Waals surface area contributed by atoms with Crippen LogP contribution in [0.25, 0.3) is 0 Å². The van der Waals surface area contributed by atoms with Crippen LogP contribution in [-0.2, 0) is 0 Å². The van der Waals surface area contributed by atoms with Crippen molar-refractivity contribution in [1.29, 1.82) is 0 Å². The Morgan fingerprint density at radius 1 is 0.647 bits per heavy atom. The molecule has 14 nitrogen and oxygen atoms in total. The molecule has 4 amide bonds. The fraction of sp³-hybridized carbons (Fsp3) is 0.333. The molecule has 0 atom stereocenters. The van der Waals surface area contributed by atoms with Gasteiger partial charge in [0.1, 0.15) is 11.4 Å². The molecule has 0 saturated carbocycles. The van der Waals surface area contributed by atoms with Crippen molar-refractivity contribution in [1.82, 2.24) is 41.2 Å². The Hall–Kier alpha value is -4.18. The van der Waals surface area contributed by atoms with E-state index in [1.165, 1.54) is 12.4 Å². The van der Waals surface area contributed by atoms with Crippen LogP contribution in [0.15, 0.2) is 48.8 Å². The smallest absolute Gasteiger partial charge is 0.271 e. The van der Waals surface area contributed by atoms with Gasteiger partial charge in [-0.1, -0.05) is 58.5 Å². The van der Waals surface area contributed by atoms with Crippen LogP contribution in [0.5, 0.6) is 0 Å². The highest BCUT2D eigenvalue weighted by Gasteiger charge is 2.25. The van der Waals surface area contributed by atoms with Gasteiger partial charge in [-0.2, -0.15) is 10.2 Å². The third-order valence-corrected chi connectivity index (χ3v) is 9.60. The first-order valence-electron chi connectivity index (χ1n) is 16.1. The van der Waals surface area contributed by atoms with E-state index in [-0.39, 0.29) is 77.9 Å². The first kappa shape index (κ1) is 38.1. The molecule has 0 radical (unpaired) electrons. The summed E-state index contributed by atoms with van der Waals surface area (Å²) in [5, 5.41) is 28.3. The summed E-state index contributed by atoms with van der Waals surface area (Å²) in [6.45, 7) is 3.59. The SMILES string of the molecule is CN1CCC(NC(=O)c2[nH]ncc2NC(=O)c2c(Cl)cccc2Cl)CC1.O=C(NC1CCNCC1)c1[nH]ncc1NC(=O)c1c(Cl)cccc1Cl. The van der Waals surface area contributed by atoms with Crippen LogP contribution in [0.4, 0.5) is 11.4 Å². The van der Waals surface area contributed by atoms with Crippen molar-refractivity contribution in [3.63, 3.8) is 0 Å². The maximum atomic E-state index is 12.5. The Bertz CT molecular complexity index is 1830. The molecule has 6 rings (SSSR count). The van der Waals surface area contributed by atoms with Crippen molar-refractivity contribution >= 4 is 81.4 Å². The van der Waals surface area contributed by atoms with Crippen LogP contribution in [0.1, 0.15) is 67.4 Å². The summed E-state index contributed by atoms with van der Waals surface area (Å²) in [6.07, 6.45) is 6.24. The second kappa shape index (κ2) is 17.8. The second-order valence-electron chi connectivity index (χ2n) is 12.0. The van der Waals surface area contributed by atoms with E-state index in [2.05, 4.69) is 58.9 Å². The van der Waals surface area contributed by atoms with E-state index >= 15 is 0 Å². The van der Waals surface area contributed by atoms with Crippen LogP contribution >= 0.6 is 46.4 Å². The summed E-state index contributed by atoms with van der Waals surface area (Å²) >= 11 is 24.2.